The number of aryl methyl sites for hydroxylation is 1. The third-order valence-electron chi connectivity index (χ3n) is 2.17. The maximum absolute atomic E-state index is 11.7. The lowest BCUT2D eigenvalue weighted by molar-refractivity contribution is 0.0953. The number of rotatable bonds is 3. The molecule has 0 aliphatic carbocycles. The Balaban J connectivity index is 2.09. The van der Waals surface area contributed by atoms with Gasteiger partial charge in [-0.3, -0.25) is 15.6 Å². The molecule has 0 radical (unpaired) electrons. The molecular formula is C11H8Cl3N3O2. The first-order chi connectivity index (χ1) is 8.97. The predicted octanol–water partition coefficient (Wildman–Crippen LogP) is 3.70. The van der Waals surface area contributed by atoms with Gasteiger partial charge in [-0.05, 0) is 19.1 Å². The molecule has 1 amide bonds. The zero-order chi connectivity index (χ0) is 14.0. The number of aromatic nitrogens is 1. The van der Waals surface area contributed by atoms with Gasteiger partial charge in [0.25, 0.3) is 5.91 Å². The first-order valence-electron chi connectivity index (χ1n) is 5.11. The predicted molar refractivity (Wildman–Crippen MR) is 73.8 cm³/mol. The minimum atomic E-state index is -0.473. The number of hydrogen-bond acceptors (Lipinski definition) is 4. The molecule has 0 atom stereocenters. The number of carbonyl (C=O) groups is 1. The normalized spacial score (nSPS) is 10.3. The first kappa shape index (κ1) is 14.0. The fraction of sp³-hybridized carbons (Fsp3) is 0.0909. The molecule has 0 saturated carbocycles. The molecule has 2 N–H and O–H groups in total. The number of hydrogen-bond donors (Lipinski definition) is 2. The van der Waals surface area contributed by atoms with Crippen LogP contribution >= 0.6 is 34.8 Å². The van der Waals surface area contributed by atoms with Crippen molar-refractivity contribution in [3.05, 3.63) is 44.7 Å². The SMILES string of the molecule is Cc1cc(C(=O)NNc2c(Cl)cc(Cl)cc2Cl)no1. The van der Waals surface area contributed by atoms with Crippen molar-refractivity contribution in [1.82, 2.24) is 10.6 Å². The smallest absolute Gasteiger partial charge is 0.291 e. The van der Waals surface area contributed by atoms with Crippen molar-refractivity contribution in [3.63, 3.8) is 0 Å². The molecule has 5 nitrogen and oxygen atoms in total. The fourth-order valence-corrected chi connectivity index (χ4v) is 2.23. The molecule has 0 aliphatic heterocycles. The molecule has 100 valence electrons. The average Bonchev–Trinajstić information content (AvgIpc) is 2.74. The highest BCUT2D eigenvalue weighted by Crippen LogP contribution is 2.33. The van der Waals surface area contributed by atoms with Gasteiger partial charge in [0.2, 0.25) is 0 Å². The molecule has 0 saturated heterocycles. The van der Waals surface area contributed by atoms with Crippen LogP contribution in [0.15, 0.2) is 22.7 Å². The second-order valence-electron chi connectivity index (χ2n) is 3.65. The lowest BCUT2D eigenvalue weighted by Crippen LogP contribution is -2.29. The van der Waals surface area contributed by atoms with Gasteiger partial charge in [-0.15, -0.1) is 0 Å². The summed E-state index contributed by atoms with van der Waals surface area (Å²) in [7, 11) is 0. The molecule has 1 aromatic heterocycles. The summed E-state index contributed by atoms with van der Waals surface area (Å²) >= 11 is 17.7. The molecule has 0 unspecified atom stereocenters. The number of hydrazine groups is 1. The van der Waals surface area contributed by atoms with E-state index in [-0.39, 0.29) is 15.7 Å². The summed E-state index contributed by atoms with van der Waals surface area (Å²) in [5, 5.41) is 4.55. The van der Waals surface area contributed by atoms with Crippen molar-refractivity contribution in [2.24, 2.45) is 0 Å². The van der Waals surface area contributed by atoms with Crippen LogP contribution in [0.4, 0.5) is 5.69 Å². The van der Waals surface area contributed by atoms with Crippen LogP contribution in [0.5, 0.6) is 0 Å². The lowest BCUT2D eigenvalue weighted by Gasteiger charge is -2.11. The van der Waals surface area contributed by atoms with E-state index in [9.17, 15) is 4.79 Å². The van der Waals surface area contributed by atoms with Crippen molar-refractivity contribution in [2.75, 3.05) is 5.43 Å². The molecule has 8 heteroatoms. The van der Waals surface area contributed by atoms with E-state index in [1.807, 2.05) is 0 Å². The van der Waals surface area contributed by atoms with E-state index in [2.05, 4.69) is 16.0 Å². The zero-order valence-corrected chi connectivity index (χ0v) is 11.9. The van der Waals surface area contributed by atoms with E-state index in [0.29, 0.717) is 16.5 Å². The van der Waals surface area contributed by atoms with Crippen LogP contribution in [0.1, 0.15) is 16.2 Å². The Morgan fingerprint density at radius 1 is 1.21 bits per heavy atom. The number of nitrogens with one attached hydrogen (secondary N) is 2. The maximum atomic E-state index is 11.7. The lowest BCUT2D eigenvalue weighted by atomic mass is 10.3. The Hall–Kier alpha value is -1.43. The van der Waals surface area contributed by atoms with E-state index in [4.69, 9.17) is 39.3 Å². The molecule has 2 rings (SSSR count). The molecule has 1 aromatic carbocycles. The van der Waals surface area contributed by atoms with Gasteiger partial charge < -0.3 is 4.52 Å². The van der Waals surface area contributed by atoms with Crippen molar-refractivity contribution in [2.45, 2.75) is 6.92 Å². The molecule has 1 heterocycles. The summed E-state index contributed by atoms with van der Waals surface area (Å²) in [4.78, 5) is 11.7. The van der Waals surface area contributed by atoms with Gasteiger partial charge in [-0.25, -0.2) is 0 Å². The van der Waals surface area contributed by atoms with Gasteiger partial charge in [-0.1, -0.05) is 40.0 Å². The fourth-order valence-electron chi connectivity index (χ4n) is 1.32. The van der Waals surface area contributed by atoms with Crippen molar-refractivity contribution in [1.29, 1.82) is 0 Å². The van der Waals surface area contributed by atoms with Crippen molar-refractivity contribution in [3.8, 4) is 0 Å². The standard InChI is InChI=1S/C11H8Cl3N3O2/c1-5-2-9(17-19-5)11(18)16-15-10-7(13)3-6(12)4-8(10)14/h2-4,15H,1H3,(H,16,18). The van der Waals surface area contributed by atoms with Crippen LogP contribution in [0.3, 0.4) is 0 Å². The van der Waals surface area contributed by atoms with Crippen LogP contribution < -0.4 is 10.9 Å². The van der Waals surface area contributed by atoms with E-state index < -0.39 is 5.91 Å². The number of carbonyl (C=O) groups excluding carboxylic acids is 1. The summed E-state index contributed by atoms with van der Waals surface area (Å²) in [5.41, 5.74) is 5.51. The van der Waals surface area contributed by atoms with Gasteiger partial charge in [-0.2, -0.15) is 0 Å². The topological polar surface area (TPSA) is 67.2 Å². The average molecular weight is 321 g/mol. The third-order valence-corrected chi connectivity index (χ3v) is 2.98. The number of benzene rings is 1. The Kier molecular flexibility index (Phi) is 4.19. The summed E-state index contributed by atoms with van der Waals surface area (Å²) in [6.07, 6.45) is 0. The molecule has 19 heavy (non-hydrogen) atoms. The van der Waals surface area contributed by atoms with E-state index in [1.54, 1.807) is 6.92 Å². The monoisotopic (exact) mass is 319 g/mol. The Morgan fingerprint density at radius 3 is 2.37 bits per heavy atom. The van der Waals surface area contributed by atoms with E-state index in [1.165, 1.54) is 18.2 Å². The van der Waals surface area contributed by atoms with E-state index in [0.717, 1.165) is 0 Å². The number of nitrogens with zero attached hydrogens (tertiary/aromatic N) is 1. The van der Waals surface area contributed by atoms with Gasteiger partial charge in [0, 0.05) is 11.1 Å². The Bertz CT molecular complexity index is 604. The second-order valence-corrected chi connectivity index (χ2v) is 4.90. The molecular weight excluding hydrogens is 312 g/mol. The summed E-state index contributed by atoms with van der Waals surface area (Å²) < 4.78 is 4.79. The van der Waals surface area contributed by atoms with Crippen molar-refractivity contribution >= 4 is 46.4 Å². The van der Waals surface area contributed by atoms with Crippen LogP contribution in [0.25, 0.3) is 0 Å². The molecule has 0 spiro atoms. The van der Waals surface area contributed by atoms with Gasteiger partial charge >= 0.3 is 0 Å². The van der Waals surface area contributed by atoms with Crippen LogP contribution in [0, 0.1) is 6.92 Å². The number of anilines is 1. The number of amides is 1. The zero-order valence-electron chi connectivity index (χ0n) is 9.63. The molecule has 0 bridgehead atoms. The summed E-state index contributed by atoms with van der Waals surface area (Å²) in [6, 6.07) is 4.51. The highest BCUT2D eigenvalue weighted by atomic mass is 35.5. The van der Waals surface area contributed by atoms with Crippen LogP contribution in [-0.4, -0.2) is 11.1 Å². The van der Waals surface area contributed by atoms with Gasteiger partial charge in [0.05, 0.1) is 15.7 Å². The van der Waals surface area contributed by atoms with Crippen molar-refractivity contribution < 1.29 is 9.32 Å². The Morgan fingerprint density at radius 2 is 1.84 bits per heavy atom. The first-order valence-corrected chi connectivity index (χ1v) is 6.25. The quantitative estimate of drug-likeness (QED) is 0.846. The van der Waals surface area contributed by atoms with Gasteiger partial charge in [0.15, 0.2) is 5.69 Å². The minimum absolute atomic E-state index is 0.145. The largest absolute Gasteiger partial charge is 0.361 e. The molecule has 0 fully saturated rings. The molecule has 2 aromatic rings. The molecule has 0 aliphatic rings. The number of halogens is 3. The highest BCUT2D eigenvalue weighted by molar-refractivity contribution is 6.41. The highest BCUT2D eigenvalue weighted by Gasteiger charge is 2.12. The third kappa shape index (κ3) is 3.32. The minimum Gasteiger partial charge on any atom is -0.361 e. The summed E-state index contributed by atoms with van der Waals surface area (Å²) in [6.45, 7) is 1.68. The van der Waals surface area contributed by atoms with E-state index >= 15 is 0 Å². The van der Waals surface area contributed by atoms with Gasteiger partial charge in [0.1, 0.15) is 5.76 Å². The Labute approximate surface area is 123 Å². The summed E-state index contributed by atoms with van der Waals surface area (Å²) in [5.74, 6) is 0.0617. The second kappa shape index (κ2) is 5.69. The maximum Gasteiger partial charge on any atom is 0.291 e. The van der Waals surface area contributed by atoms with Crippen LogP contribution in [-0.2, 0) is 0 Å². The van der Waals surface area contributed by atoms with Crippen LogP contribution in [0.2, 0.25) is 15.1 Å².